The van der Waals surface area contributed by atoms with Gasteiger partial charge in [0.15, 0.2) is 0 Å². The number of hydrogen-bond acceptors (Lipinski definition) is 1. The van der Waals surface area contributed by atoms with Crippen molar-refractivity contribution < 1.29 is 0 Å². The van der Waals surface area contributed by atoms with Gasteiger partial charge in [-0.3, -0.25) is 0 Å². The molecule has 0 radical (unpaired) electrons. The minimum atomic E-state index is -0.108. The highest BCUT2D eigenvalue weighted by Crippen LogP contribution is 2.14. The van der Waals surface area contributed by atoms with Gasteiger partial charge in [0.25, 0.3) is 0 Å². The maximum absolute atomic E-state index is 8.68. The van der Waals surface area contributed by atoms with Crippen molar-refractivity contribution in [2.24, 2.45) is 5.92 Å². The van der Waals surface area contributed by atoms with Crippen molar-refractivity contribution in [3.63, 3.8) is 0 Å². The Morgan fingerprint density at radius 3 is 2.12 bits per heavy atom. The molecule has 1 atom stereocenters. The molecule has 0 aliphatic heterocycles. The van der Waals surface area contributed by atoms with Crippen LogP contribution in [0.3, 0.4) is 0 Å². The van der Waals surface area contributed by atoms with Crippen LogP contribution in [0, 0.1) is 17.2 Å². The lowest BCUT2D eigenvalue weighted by molar-refractivity contribution is 0.955. The van der Waals surface area contributed by atoms with E-state index in [2.05, 4.69) is 25.8 Å². The molecule has 0 aromatic carbocycles. The molecule has 0 aromatic heterocycles. The van der Waals surface area contributed by atoms with Crippen molar-refractivity contribution in [2.75, 3.05) is 0 Å². The minimum Gasteiger partial charge on any atom is -0.198 e. The third-order valence-electron chi connectivity index (χ3n) is 1.92. The summed E-state index contributed by atoms with van der Waals surface area (Å²) >= 11 is 0. The lowest BCUT2D eigenvalue weighted by atomic mass is 10.0. The predicted octanol–water partition coefficient (Wildman–Crippen LogP) is 4.11. The summed E-state index contributed by atoms with van der Waals surface area (Å²) in [4.78, 5) is 0. The van der Waals surface area contributed by atoms with Gasteiger partial charge in [-0.1, -0.05) is 62.3 Å². The Hall–Kier alpha value is -2.07. The second-order valence-electron chi connectivity index (χ2n) is 3.20. The summed E-state index contributed by atoms with van der Waals surface area (Å²) in [6, 6.07) is 2.15. The second kappa shape index (κ2) is 8.26. The summed E-state index contributed by atoms with van der Waals surface area (Å²) < 4.78 is 0. The molecule has 0 aliphatic rings. The molecule has 0 saturated carbocycles. The first-order valence-corrected chi connectivity index (χ1v) is 5.05. The van der Waals surface area contributed by atoms with Crippen LogP contribution in [0.15, 0.2) is 73.4 Å². The average Bonchev–Trinajstić information content (AvgIpc) is 2.31. The molecule has 16 heavy (non-hydrogen) atoms. The smallest absolute Gasteiger partial charge is 0.0694 e. The first-order valence-electron chi connectivity index (χ1n) is 5.05. The maximum atomic E-state index is 8.68. The quantitative estimate of drug-likeness (QED) is 0.606. The Balaban J connectivity index is 5.11. The SMILES string of the molecule is C=C/C=C(C=C)/C(/C=C\C(C)C#N)=C/C=C. The summed E-state index contributed by atoms with van der Waals surface area (Å²) in [6.45, 7) is 12.9. The van der Waals surface area contributed by atoms with Crippen molar-refractivity contribution in [3.05, 3.63) is 73.4 Å². The van der Waals surface area contributed by atoms with Crippen LogP contribution in [0.5, 0.6) is 0 Å². The van der Waals surface area contributed by atoms with E-state index in [1.807, 2.05) is 31.2 Å². The van der Waals surface area contributed by atoms with Crippen LogP contribution in [0.1, 0.15) is 6.92 Å². The summed E-state index contributed by atoms with van der Waals surface area (Å²) in [6.07, 6.45) is 12.6. The number of nitrogens with zero attached hydrogens (tertiary/aromatic N) is 1. The van der Waals surface area contributed by atoms with E-state index in [9.17, 15) is 0 Å². The van der Waals surface area contributed by atoms with Gasteiger partial charge in [-0.2, -0.15) is 5.26 Å². The number of rotatable bonds is 6. The van der Waals surface area contributed by atoms with Gasteiger partial charge in [-0.15, -0.1) is 0 Å². The van der Waals surface area contributed by atoms with Gasteiger partial charge in [0.05, 0.1) is 12.0 Å². The molecule has 0 N–H and O–H groups in total. The Morgan fingerprint density at radius 2 is 1.69 bits per heavy atom. The van der Waals surface area contributed by atoms with Crippen molar-refractivity contribution in [1.29, 1.82) is 5.26 Å². The monoisotopic (exact) mass is 211 g/mol. The van der Waals surface area contributed by atoms with Crippen LogP contribution < -0.4 is 0 Å². The van der Waals surface area contributed by atoms with E-state index in [4.69, 9.17) is 5.26 Å². The zero-order valence-electron chi connectivity index (χ0n) is 9.69. The highest BCUT2D eigenvalue weighted by atomic mass is 14.2. The third-order valence-corrected chi connectivity index (χ3v) is 1.92. The van der Waals surface area contributed by atoms with E-state index in [1.54, 1.807) is 18.2 Å². The third kappa shape index (κ3) is 4.97. The fourth-order valence-corrected chi connectivity index (χ4v) is 1.08. The summed E-state index contributed by atoms with van der Waals surface area (Å²) in [7, 11) is 0. The highest BCUT2D eigenvalue weighted by Gasteiger charge is 1.97. The van der Waals surface area contributed by atoms with E-state index in [1.165, 1.54) is 0 Å². The molecule has 0 aliphatic carbocycles. The van der Waals surface area contributed by atoms with Crippen LogP contribution in [0.25, 0.3) is 0 Å². The van der Waals surface area contributed by atoms with E-state index < -0.39 is 0 Å². The zero-order valence-corrected chi connectivity index (χ0v) is 9.69. The lowest BCUT2D eigenvalue weighted by Crippen LogP contribution is -1.86. The minimum absolute atomic E-state index is 0.108. The molecule has 0 fully saturated rings. The van der Waals surface area contributed by atoms with Gasteiger partial charge in [-0.25, -0.2) is 0 Å². The Bertz CT molecular complexity index is 386. The van der Waals surface area contributed by atoms with E-state index in [0.717, 1.165) is 11.1 Å². The van der Waals surface area contributed by atoms with Gasteiger partial charge in [0.1, 0.15) is 0 Å². The van der Waals surface area contributed by atoms with Crippen LogP contribution >= 0.6 is 0 Å². The Kier molecular flexibility index (Phi) is 7.19. The molecule has 1 nitrogen and oxygen atoms in total. The molecule has 0 spiro atoms. The maximum Gasteiger partial charge on any atom is 0.0694 e. The van der Waals surface area contributed by atoms with Gasteiger partial charge >= 0.3 is 0 Å². The average molecular weight is 211 g/mol. The molecule has 1 unspecified atom stereocenters. The highest BCUT2D eigenvalue weighted by molar-refractivity contribution is 5.48. The van der Waals surface area contributed by atoms with Crippen LogP contribution in [0.2, 0.25) is 0 Å². The fraction of sp³-hybridized carbons (Fsp3) is 0.133. The van der Waals surface area contributed by atoms with Crippen molar-refractivity contribution in [3.8, 4) is 6.07 Å². The molecule has 0 bridgehead atoms. The Labute approximate surface area is 98.1 Å². The fourth-order valence-electron chi connectivity index (χ4n) is 1.08. The van der Waals surface area contributed by atoms with Gasteiger partial charge < -0.3 is 0 Å². The normalized spacial score (nSPS) is 14.2. The first-order chi connectivity index (χ1) is 7.69. The van der Waals surface area contributed by atoms with Crippen LogP contribution in [0.4, 0.5) is 0 Å². The topological polar surface area (TPSA) is 23.8 Å². The standard InChI is InChI=1S/C15H17N/c1-5-8-14(7-3)15(9-6-2)11-10-13(4)12-16/h5-11,13H,1-3H2,4H3/b11-10-,14-8+,15-9+. The van der Waals surface area contributed by atoms with Crippen molar-refractivity contribution in [1.82, 2.24) is 0 Å². The predicted molar refractivity (Wildman–Crippen MR) is 70.7 cm³/mol. The van der Waals surface area contributed by atoms with Crippen molar-refractivity contribution in [2.45, 2.75) is 6.92 Å². The molecule has 0 rings (SSSR count). The summed E-state index contributed by atoms with van der Waals surface area (Å²) in [5, 5.41) is 8.68. The van der Waals surface area contributed by atoms with Gasteiger partial charge in [0, 0.05) is 0 Å². The summed E-state index contributed by atoms with van der Waals surface area (Å²) in [5.74, 6) is -0.108. The number of hydrogen-bond donors (Lipinski definition) is 0. The second-order valence-corrected chi connectivity index (χ2v) is 3.20. The van der Waals surface area contributed by atoms with Gasteiger partial charge in [0.2, 0.25) is 0 Å². The summed E-state index contributed by atoms with van der Waals surface area (Å²) in [5.41, 5.74) is 1.92. The molecule has 0 amide bonds. The van der Waals surface area contributed by atoms with Crippen LogP contribution in [-0.2, 0) is 0 Å². The largest absolute Gasteiger partial charge is 0.198 e. The van der Waals surface area contributed by atoms with E-state index in [-0.39, 0.29) is 5.92 Å². The molecule has 0 aromatic rings. The van der Waals surface area contributed by atoms with Crippen molar-refractivity contribution >= 4 is 0 Å². The molecule has 82 valence electrons. The number of nitriles is 1. The van der Waals surface area contributed by atoms with Gasteiger partial charge in [-0.05, 0) is 18.1 Å². The van der Waals surface area contributed by atoms with E-state index >= 15 is 0 Å². The van der Waals surface area contributed by atoms with E-state index in [0.29, 0.717) is 0 Å². The molecular weight excluding hydrogens is 194 g/mol. The molecular formula is C15H17N. The molecule has 0 saturated heterocycles. The Morgan fingerprint density at radius 1 is 1.12 bits per heavy atom. The van der Waals surface area contributed by atoms with Crippen LogP contribution in [-0.4, -0.2) is 0 Å². The molecule has 1 heteroatoms. The molecule has 0 heterocycles. The first kappa shape index (κ1) is 13.9. The lowest BCUT2D eigenvalue weighted by Gasteiger charge is -2.02. The number of allylic oxidation sites excluding steroid dienone is 9. The zero-order chi connectivity index (χ0) is 12.4.